The molecule has 9 heteroatoms. The van der Waals surface area contributed by atoms with Crippen LogP contribution in [0.3, 0.4) is 0 Å². The van der Waals surface area contributed by atoms with Gasteiger partial charge in [0, 0.05) is 45.1 Å². The highest BCUT2D eigenvalue weighted by Crippen LogP contribution is 2.43. The van der Waals surface area contributed by atoms with E-state index in [1.165, 1.54) is 17.7 Å². The molecule has 2 aromatic carbocycles. The molecule has 5 nitrogen and oxygen atoms in total. The fraction of sp³-hybridized carbons (Fsp3) is 0.533. The van der Waals surface area contributed by atoms with Gasteiger partial charge in [-0.1, -0.05) is 49.4 Å². The van der Waals surface area contributed by atoms with E-state index in [4.69, 9.17) is 0 Å². The van der Waals surface area contributed by atoms with Gasteiger partial charge >= 0.3 is 6.18 Å². The summed E-state index contributed by atoms with van der Waals surface area (Å²) in [6.07, 6.45) is -1.44. The molecule has 1 spiro atoms. The van der Waals surface area contributed by atoms with Gasteiger partial charge in [0.15, 0.2) is 0 Å². The molecule has 0 bridgehead atoms. The van der Waals surface area contributed by atoms with Crippen LogP contribution in [0, 0.1) is 11.3 Å². The van der Waals surface area contributed by atoms with Crippen LogP contribution < -0.4 is 0 Å². The molecule has 0 radical (unpaired) electrons. The Hall–Kier alpha value is -2.58. The van der Waals surface area contributed by atoms with Crippen molar-refractivity contribution in [2.24, 2.45) is 11.3 Å². The fourth-order valence-electron chi connectivity index (χ4n) is 6.58. The molecule has 1 unspecified atom stereocenters. The Kier molecular flexibility index (Phi) is 8.96. The van der Waals surface area contributed by atoms with Gasteiger partial charge in [-0.15, -0.1) is 12.4 Å². The monoisotopic (exact) mass is 563 g/mol. The number of alkyl halides is 3. The Bertz CT molecular complexity index is 1130. The number of piperidine rings is 1. The largest absolute Gasteiger partial charge is 0.416 e. The van der Waals surface area contributed by atoms with E-state index >= 15 is 0 Å². The van der Waals surface area contributed by atoms with Gasteiger partial charge in [-0.25, -0.2) is 0 Å². The highest BCUT2D eigenvalue weighted by molar-refractivity contribution is 5.85. The quantitative estimate of drug-likeness (QED) is 0.460. The number of rotatable bonds is 6. The number of amides is 2. The highest BCUT2D eigenvalue weighted by Gasteiger charge is 2.48. The lowest BCUT2D eigenvalue weighted by Crippen LogP contribution is -2.46. The molecule has 2 amide bonds. The number of halogens is 4. The summed E-state index contributed by atoms with van der Waals surface area (Å²) >= 11 is 0. The zero-order chi connectivity index (χ0) is 26.9. The van der Waals surface area contributed by atoms with E-state index in [1.54, 1.807) is 0 Å². The Labute approximate surface area is 234 Å². The molecule has 2 aromatic rings. The number of carbonyl (C=O) groups is 2. The van der Waals surface area contributed by atoms with Crippen molar-refractivity contribution in [3.05, 3.63) is 71.3 Å². The zero-order valence-electron chi connectivity index (χ0n) is 22.3. The van der Waals surface area contributed by atoms with Gasteiger partial charge in [0.25, 0.3) is 0 Å². The summed E-state index contributed by atoms with van der Waals surface area (Å²) in [7, 11) is 0. The molecule has 0 aromatic heterocycles. The first-order valence-corrected chi connectivity index (χ1v) is 13.7. The molecule has 0 N–H and O–H groups in total. The standard InChI is InChI=1S/C30H36F3N3O2.ClH/c1-2-27(37)36-20-24(26(21-36)23-6-4-3-5-7-23)19-34-15-12-29(13-16-34)14-17-35(28(29)38)18-22-8-10-25(11-9-22)30(31,32)33;/h3-11,24,26H,2,12-21H2,1H3;1H/t24-,26?;/m0./s1. The number of likely N-dealkylation sites (tertiary alicyclic amines) is 3. The molecule has 3 heterocycles. The Morgan fingerprint density at radius 3 is 2.21 bits per heavy atom. The summed E-state index contributed by atoms with van der Waals surface area (Å²) in [5.41, 5.74) is 0.973. The van der Waals surface area contributed by atoms with Gasteiger partial charge in [0.05, 0.1) is 11.0 Å². The Morgan fingerprint density at radius 1 is 0.949 bits per heavy atom. The molecule has 3 aliphatic rings. The second kappa shape index (κ2) is 11.9. The molecule has 0 saturated carbocycles. The van der Waals surface area contributed by atoms with Crippen molar-refractivity contribution in [1.29, 1.82) is 0 Å². The third-order valence-corrected chi connectivity index (χ3v) is 8.89. The normalized spacial score (nSPS) is 23.3. The molecule has 39 heavy (non-hydrogen) atoms. The fourth-order valence-corrected chi connectivity index (χ4v) is 6.58. The third kappa shape index (κ3) is 6.27. The molecule has 212 valence electrons. The maximum Gasteiger partial charge on any atom is 0.416 e. The van der Waals surface area contributed by atoms with Crippen LogP contribution in [0.2, 0.25) is 0 Å². The predicted octanol–water partition coefficient (Wildman–Crippen LogP) is 5.59. The minimum Gasteiger partial charge on any atom is -0.342 e. The zero-order valence-corrected chi connectivity index (χ0v) is 23.1. The molecule has 3 fully saturated rings. The van der Waals surface area contributed by atoms with Crippen LogP contribution in [0.15, 0.2) is 54.6 Å². The van der Waals surface area contributed by atoms with Gasteiger partial charge in [0.2, 0.25) is 11.8 Å². The highest BCUT2D eigenvalue weighted by atomic mass is 35.5. The predicted molar refractivity (Wildman–Crippen MR) is 146 cm³/mol. The topological polar surface area (TPSA) is 43.9 Å². The van der Waals surface area contributed by atoms with Crippen LogP contribution in [0.4, 0.5) is 13.2 Å². The Balaban J connectivity index is 0.00000353. The molecular weight excluding hydrogens is 527 g/mol. The number of hydrogen-bond acceptors (Lipinski definition) is 3. The van der Waals surface area contributed by atoms with Crippen molar-refractivity contribution < 1.29 is 22.8 Å². The summed E-state index contributed by atoms with van der Waals surface area (Å²) in [4.78, 5) is 32.2. The minimum atomic E-state index is -4.36. The molecule has 3 saturated heterocycles. The molecule has 5 rings (SSSR count). The van der Waals surface area contributed by atoms with Crippen LogP contribution >= 0.6 is 12.4 Å². The first-order valence-electron chi connectivity index (χ1n) is 13.7. The maximum absolute atomic E-state index is 13.4. The second-order valence-corrected chi connectivity index (χ2v) is 11.2. The van der Waals surface area contributed by atoms with Crippen molar-refractivity contribution in [3.8, 4) is 0 Å². The van der Waals surface area contributed by atoms with Gasteiger partial charge in [0.1, 0.15) is 0 Å². The van der Waals surface area contributed by atoms with E-state index in [2.05, 4.69) is 29.2 Å². The van der Waals surface area contributed by atoms with Crippen molar-refractivity contribution in [3.63, 3.8) is 0 Å². The van der Waals surface area contributed by atoms with Crippen molar-refractivity contribution in [1.82, 2.24) is 14.7 Å². The maximum atomic E-state index is 13.4. The molecule has 2 atom stereocenters. The first-order chi connectivity index (χ1) is 18.2. The lowest BCUT2D eigenvalue weighted by atomic mass is 9.76. The van der Waals surface area contributed by atoms with Crippen LogP contribution in [0.25, 0.3) is 0 Å². The number of benzene rings is 2. The SMILES string of the molecule is CCC(=O)N1CC(c2ccccc2)[C@@H](CN2CCC3(CC2)CCN(Cc2ccc(C(F)(F)F)cc2)C3=O)C1.Cl. The van der Waals surface area contributed by atoms with Gasteiger partial charge < -0.3 is 14.7 Å². The summed E-state index contributed by atoms with van der Waals surface area (Å²) in [6.45, 7) is 7.05. The minimum absolute atomic E-state index is 0. The van der Waals surface area contributed by atoms with Crippen LogP contribution in [-0.4, -0.2) is 65.8 Å². The summed E-state index contributed by atoms with van der Waals surface area (Å²) in [6, 6.07) is 15.6. The van der Waals surface area contributed by atoms with Gasteiger partial charge in [-0.05, 0) is 61.5 Å². The van der Waals surface area contributed by atoms with Crippen LogP contribution in [0.1, 0.15) is 55.2 Å². The average molecular weight is 564 g/mol. The van der Waals surface area contributed by atoms with Crippen molar-refractivity contribution in [2.45, 2.75) is 51.2 Å². The van der Waals surface area contributed by atoms with E-state index in [-0.39, 0.29) is 29.6 Å². The summed E-state index contributed by atoms with van der Waals surface area (Å²) in [5, 5.41) is 0. The first kappa shape index (κ1) is 29.4. The number of carbonyl (C=O) groups excluding carboxylic acids is 2. The van der Waals surface area contributed by atoms with E-state index in [0.29, 0.717) is 31.3 Å². The smallest absolute Gasteiger partial charge is 0.342 e. The van der Waals surface area contributed by atoms with Gasteiger partial charge in [-0.2, -0.15) is 13.2 Å². The molecule has 3 aliphatic heterocycles. The third-order valence-electron chi connectivity index (χ3n) is 8.89. The van der Waals surface area contributed by atoms with E-state index in [1.807, 2.05) is 22.8 Å². The van der Waals surface area contributed by atoms with E-state index in [9.17, 15) is 22.8 Å². The second-order valence-electron chi connectivity index (χ2n) is 11.2. The van der Waals surface area contributed by atoms with Crippen LogP contribution in [-0.2, 0) is 22.3 Å². The van der Waals surface area contributed by atoms with Gasteiger partial charge in [-0.3, -0.25) is 9.59 Å². The lowest BCUT2D eigenvalue weighted by Gasteiger charge is -2.39. The molecular formula is C30H37ClF3N3O2. The van der Waals surface area contributed by atoms with E-state index < -0.39 is 11.7 Å². The summed E-state index contributed by atoms with van der Waals surface area (Å²) < 4.78 is 38.6. The van der Waals surface area contributed by atoms with Crippen molar-refractivity contribution >= 4 is 24.2 Å². The lowest BCUT2D eigenvalue weighted by molar-refractivity contribution is -0.139. The summed E-state index contributed by atoms with van der Waals surface area (Å²) in [5.74, 6) is 1.02. The molecule has 0 aliphatic carbocycles. The Morgan fingerprint density at radius 2 is 1.59 bits per heavy atom. The average Bonchev–Trinajstić information content (AvgIpc) is 3.47. The van der Waals surface area contributed by atoms with Crippen LogP contribution in [0.5, 0.6) is 0 Å². The number of hydrogen-bond donors (Lipinski definition) is 0. The van der Waals surface area contributed by atoms with Crippen molar-refractivity contribution in [2.75, 3.05) is 39.3 Å². The van der Waals surface area contributed by atoms with E-state index in [0.717, 1.165) is 69.7 Å². The number of nitrogens with zero attached hydrogens (tertiary/aromatic N) is 3.